The minimum absolute atomic E-state index is 0.357. The molecule has 3 heteroatoms. The largest absolute Gasteiger partial charge is 0.468 e. The van der Waals surface area contributed by atoms with E-state index in [0.29, 0.717) is 12.7 Å². The predicted octanol–water partition coefficient (Wildman–Crippen LogP) is 5.59. The van der Waals surface area contributed by atoms with Crippen LogP contribution in [0.15, 0.2) is 36.4 Å². The molecule has 0 N–H and O–H groups in total. The topological polar surface area (TPSA) is 18.5 Å². The second kappa shape index (κ2) is 7.98. The van der Waals surface area contributed by atoms with Crippen LogP contribution in [0.3, 0.4) is 0 Å². The zero-order valence-electron chi connectivity index (χ0n) is 14.4. The van der Waals surface area contributed by atoms with Crippen molar-refractivity contribution in [2.45, 2.75) is 57.3 Å². The Morgan fingerprint density at radius 2 is 1.91 bits per heavy atom. The van der Waals surface area contributed by atoms with Crippen molar-refractivity contribution in [1.29, 1.82) is 0 Å². The van der Waals surface area contributed by atoms with Gasteiger partial charge in [0.25, 0.3) is 0 Å². The van der Waals surface area contributed by atoms with Gasteiger partial charge in [-0.1, -0.05) is 43.9 Å². The molecule has 1 saturated carbocycles. The van der Waals surface area contributed by atoms with Gasteiger partial charge in [-0.2, -0.15) is 0 Å². The predicted molar refractivity (Wildman–Crippen MR) is 96.4 cm³/mol. The molecule has 1 aromatic carbocycles. The molecular formula is C19H30O2Si. The molecule has 22 heavy (non-hydrogen) atoms. The number of rotatable bonds is 7. The maximum absolute atomic E-state index is 5.75. The normalized spacial score (nSPS) is 16.8. The van der Waals surface area contributed by atoms with Gasteiger partial charge in [0.05, 0.1) is 0 Å². The number of allylic oxidation sites excluding steroid dienone is 1. The Kier molecular flexibility index (Phi) is 6.27. The van der Waals surface area contributed by atoms with Crippen molar-refractivity contribution in [3.05, 3.63) is 42.0 Å². The molecule has 0 atom stereocenters. The molecular weight excluding hydrogens is 288 g/mol. The number of hydrogen-bond donors (Lipinski definition) is 0. The van der Waals surface area contributed by atoms with E-state index in [-0.39, 0.29) is 0 Å². The standard InChI is InChI=1S/C19H30O2Si/c1-16-8-10-17(11-9-16)18-6-5-7-19(14-18)21-15-20-12-13-22(2,3)4/h5-7,14,17H,1,8-13,15H2,2-4H3. The molecule has 0 heterocycles. The van der Waals surface area contributed by atoms with Gasteiger partial charge in [-0.25, -0.2) is 0 Å². The number of hydrogen-bond acceptors (Lipinski definition) is 2. The summed E-state index contributed by atoms with van der Waals surface area (Å²) in [6.45, 7) is 12.3. The molecule has 122 valence electrons. The Bertz CT molecular complexity index is 480. The minimum atomic E-state index is -1.01. The molecule has 0 saturated heterocycles. The SMILES string of the molecule is C=C1CCC(c2cccc(OCOCC[Si](C)(C)C)c2)CC1. The van der Waals surface area contributed by atoms with Crippen LogP contribution in [0, 0.1) is 0 Å². The smallest absolute Gasteiger partial charge is 0.189 e. The van der Waals surface area contributed by atoms with Crippen LogP contribution >= 0.6 is 0 Å². The average molecular weight is 319 g/mol. The summed E-state index contributed by atoms with van der Waals surface area (Å²) in [5.74, 6) is 1.58. The lowest BCUT2D eigenvalue weighted by Gasteiger charge is -2.24. The van der Waals surface area contributed by atoms with E-state index in [1.807, 2.05) is 6.07 Å². The Morgan fingerprint density at radius 3 is 2.59 bits per heavy atom. The summed E-state index contributed by atoms with van der Waals surface area (Å²) in [4.78, 5) is 0. The first kappa shape index (κ1) is 17.3. The van der Waals surface area contributed by atoms with E-state index in [1.165, 1.54) is 30.0 Å². The molecule has 2 nitrogen and oxygen atoms in total. The van der Waals surface area contributed by atoms with Gasteiger partial charge in [0.2, 0.25) is 0 Å². The quantitative estimate of drug-likeness (QED) is 0.282. The lowest BCUT2D eigenvalue weighted by Crippen LogP contribution is -2.22. The summed E-state index contributed by atoms with van der Waals surface area (Å²) in [5, 5.41) is 0. The van der Waals surface area contributed by atoms with Crippen molar-refractivity contribution in [3.63, 3.8) is 0 Å². The molecule has 0 aliphatic heterocycles. The third-order valence-electron chi connectivity index (χ3n) is 4.33. The molecule has 0 spiro atoms. The molecule has 1 fully saturated rings. The molecule has 0 amide bonds. The third-order valence-corrected chi connectivity index (χ3v) is 6.03. The van der Waals surface area contributed by atoms with Gasteiger partial charge in [0.1, 0.15) is 5.75 Å². The molecule has 1 aliphatic rings. The van der Waals surface area contributed by atoms with Crippen molar-refractivity contribution in [1.82, 2.24) is 0 Å². The second-order valence-electron chi connectivity index (χ2n) is 7.58. The van der Waals surface area contributed by atoms with Crippen LogP contribution in [0.1, 0.15) is 37.2 Å². The molecule has 0 bridgehead atoms. The summed E-state index contributed by atoms with van der Waals surface area (Å²) in [7, 11) is -1.01. The van der Waals surface area contributed by atoms with Gasteiger partial charge in [-0.15, -0.1) is 0 Å². The Labute approximate surface area is 136 Å². The van der Waals surface area contributed by atoms with E-state index in [2.05, 4.69) is 44.4 Å². The van der Waals surface area contributed by atoms with Crippen LogP contribution in [0.25, 0.3) is 0 Å². The zero-order chi connectivity index (χ0) is 16.0. The minimum Gasteiger partial charge on any atom is -0.468 e. The molecule has 0 radical (unpaired) electrons. The lowest BCUT2D eigenvalue weighted by atomic mass is 9.82. The highest BCUT2D eigenvalue weighted by Gasteiger charge is 2.17. The Hall–Kier alpha value is -1.06. The van der Waals surface area contributed by atoms with Crippen molar-refractivity contribution in [2.75, 3.05) is 13.4 Å². The molecule has 0 unspecified atom stereocenters. The monoisotopic (exact) mass is 318 g/mol. The van der Waals surface area contributed by atoms with E-state index < -0.39 is 8.07 Å². The van der Waals surface area contributed by atoms with Crippen LogP contribution in [-0.4, -0.2) is 21.5 Å². The summed E-state index contributed by atoms with van der Waals surface area (Å²) in [5.41, 5.74) is 2.80. The maximum atomic E-state index is 5.75. The Balaban J connectivity index is 1.78. The fourth-order valence-corrected chi connectivity index (χ4v) is 3.52. The highest BCUT2D eigenvalue weighted by atomic mass is 28.3. The first-order valence-corrected chi connectivity index (χ1v) is 12.1. The summed E-state index contributed by atoms with van der Waals surface area (Å²) < 4.78 is 11.4. The summed E-state index contributed by atoms with van der Waals surface area (Å²) >= 11 is 0. The van der Waals surface area contributed by atoms with E-state index in [0.717, 1.165) is 25.2 Å². The first-order chi connectivity index (χ1) is 10.4. The highest BCUT2D eigenvalue weighted by molar-refractivity contribution is 6.76. The Morgan fingerprint density at radius 1 is 1.18 bits per heavy atom. The fraction of sp³-hybridized carbons (Fsp3) is 0.579. The first-order valence-electron chi connectivity index (χ1n) is 8.41. The molecule has 1 aromatic rings. The van der Waals surface area contributed by atoms with Crippen molar-refractivity contribution in [3.8, 4) is 5.75 Å². The van der Waals surface area contributed by atoms with Crippen LogP contribution in [0.5, 0.6) is 5.75 Å². The van der Waals surface area contributed by atoms with Gasteiger partial charge in [0.15, 0.2) is 6.79 Å². The van der Waals surface area contributed by atoms with Gasteiger partial charge >= 0.3 is 0 Å². The second-order valence-corrected chi connectivity index (χ2v) is 13.2. The third kappa shape index (κ3) is 5.97. The highest BCUT2D eigenvalue weighted by Crippen LogP contribution is 2.35. The molecule has 0 aromatic heterocycles. The van der Waals surface area contributed by atoms with Crippen LogP contribution in [0.4, 0.5) is 0 Å². The maximum Gasteiger partial charge on any atom is 0.189 e. The summed E-state index contributed by atoms with van der Waals surface area (Å²) in [6, 6.07) is 9.70. The van der Waals surface area contributed by atoms with E-state index >= 15 is 0 Å². The van der Waals surface area contributed by atoms with Crippen molar-refractivity contribution >= 4 is 8.07 Å². The van der Waals surface area contributed by atoms with Gasteiger partial charge in [-0.05, 0) is 55.3 Å². The van der Waals surface area contributed by atoms with Crippen molar-refractivity contribution in [2.24, 2.45) is 0 Å². The van der Waals surface area contributed by atoms with Crippen LogP contribution in [-0.2, 0) is 4.74 Å². The number of ether oxygens (including phenoxy) is 2. The number of benzene rings is 1. The van der Waals surface area contributed by atoms with Gasteiger partial charge in [0, 0.05) is 14.7 Å². The van der Waals surface area contributed by atoms with Gasteiger partial charge < -0.3 is 9.47 Å². The van der Waals surface area contributed by atoms with Gasteiger partial charge in [-0.3, -0.25) is 0 Å². The molecule has 1 aliphatic carbocycles. The summed E-state index contributed by atoms with van der Waals surface area (Å²) in [6.07, 6.45) is 4.76. The van der Waals surface area contributed by atoms with E-state index in [9.17, 15) is 0 Å². The average Bonchev–Trinajstić information content (AvgIpc) is 2.47. The lowest BCUT2D eigenvalue weighted by molar-refractivity contribution is 0.0220. The van der Waals surface area contributed by atoms with Crippen LogP contribution < -0.4 is 4.74 Å². The molecule has 2 rings (SSSR count). The zero-order valence-corrected chi connectivity index (χ0v) is 15.4. The van der Waals surface area contributed by atoms with E-state index in [4.69, 9.17) is 9.47 Å². The van der Waals surface area contributed by atoms with E-state index in [1.54, 1.807) is 0 Å². The van der Waals surface area contributed by atoms with Crippen molar-refractivity contribution < 1.29 is 9.47 Å². The fourth-order valence-electron chi connectivity index (χ4n) is 2.76. The van der Waals surface area contributed by atoms with Crippen LogP contribution in [0.2, 0.25) is 25.7 Å².